The van der Waals surface area contributed by atoms with Gasteiger partial charge in [-0.2, -0.15) is 0 Å². The van der Waals surface area contributed by atoms with Crippen molar-refractivity contribution in [3.8, 4) is 11.5 Å². The number of esters is 1. The number of nitrogens with one attached hydrogen (secondary N) is 2. The van der Waals surface area contributed by atoms with Crippen LogP contribution in [0, 0.1) is 0 Å². The van der Waals surface area contributed by atoms with Crippen LogP contribution in [-0.4, -0.2) is 94.5 Å². The quantitative estimate of drug-likeness (QED) is 0.0886. The van der Waals surface area contributed by atoms with E-state index in [1.165, 1.54) is 34.8 Å². The molecule has 0 spiro atoms. The molecule has 2 aromatic carbocycles. The summed E-state index contributed by atoms with van der Waals surface area (Å²) in [5.41, 5.74) is -0.289. The summed E-state index contributed by atoms with van der Waals surface area (Å²) in [7, 11) is 3.81. The second-order valence-corrected chi connectivity index (χ2v) is 15.6. The molecule has 1 amide bonds. The third-order valence-corrected chi connectivity index (χ3v) is 12.0. The molecule has 3 aromatic heterocycles. The minimum atomic E-state index is -1.80. The molecule has 6 rings (SSSR count). The number of hydrogen-bond donors (Lipinski definition) is 5. The molecular formula is C40H46N4O8S2. The van der Waals surface area contributed by atoms with Gasteiger partial charge >= 0.3 is 5.97 Å². The maximum Gasteiger partial charge on any atom is 0.349 e. The Bertz CT molecular complexity index is 2010. The van der Waals surface area contributed by atoms with Crippen LogP contribution in [0.1, 0.15) is 52.7 Å². The van der Waals surface area contributed by atoms with Crippen LogP contribution in [-0.2, 0) is 26.5 Å². The second kappa shape index (κ2) is 17.7. The molecule has 0 aliphatic heterocycles. The lowest BCUT2D eigenvalue weighted by atomic mass is 9.91. The summed E-state index contributed by atoms with van der Waals surface area (Å²) < 4.78 is 11.7. The summed E-state index contributed by atoms with van der Waals surface area (Å²) in [4.78, 5) is 45.5. The van der Waals surface area contributed by atoms with E-state index in [1.54, 1.807) is 48.3 Å². The van der Waals surface area contributed by atoms with Crippen LogP contribution < -0.4 is 15.6 Å². The molecule has 0 bridgehead atoms. The van der Waals surface area contributed by atoms with Gasteiger partial charge in [-0.15, -0.1) is 22.7 Å². The van der Waals surface area contributed by atoms with E-state index in [9.17, 15) is 29.7 Å². The van der Waals surface area contributed by atoms with Gasteiger partial charge in [0, 0.05) is 50.7 Å². The molecule has 54 heavy (non-hydrogen) atoms. The lowest BCUT2D eigenvalue weighted by Crippen LogP contribution is -2.44. The van der Waals surface area contributed by atoms with E-state index in [2.05, 4.69) is 15.2 Å². The molecular weight excluding hydrogens is 729 g/mol. The number of aromatic nitrogens is 1. The van der Waals surface area contributed by atoms with Crippen molar-refractivity contribution in [1.82, 2.24) is 20.1 Å². The topological polar surface area (TPSA) is 165 Å². The largest absolute Gasteiger partial charge is 0.506 e. The Morgan fingerprint density at radius 2 is 1.63 bits per heavy atom. The normalized spacial score (nSPS) is 16.7. The summed E-state index contributed by atoms with van der Waals surface area (Å²) in [6, 6.07) is 20.9. The van der Waals surface area contributed by atoms with Gasteiger partial charge in [-0.05, 0) is 91.0 Å². The van der Waals surface area contributed by atoms with Gasteiger partial charge in [-0.1, -0.05) is 30.3 Å². The number of carbonyl (C=O) groups is 2. The molecule has 5 N–H and O–H groups in total. The highest BCUT2D eigenvalue weighted by Crippen LogP contribution is 2.38. The fraction of sp³-hybridized carbons (Fsp3) is 0.375. The number of pyridine rings is 1. The number of hydrogen-bond acceptors (Lipinski definition) is 12. The number of H-pyrrole nitrogens is 1. The van der Waals surface area contributed by atoms with Gasteiger partial charge in [0.2, 0.25) is 11.2 Å². The third-order valence-electron chi connectivity index (χ3n) is 10.0. The summed E-state index contributed by atoms with van der Waals surface area (Å²) in [6.45, 7) is 1.88. The standard InChI is InChI=1S/C40H46N4O8S2/c1-43(27-9-13-29(14-10-27)52-39(49)40(50,34-5-3-21-53-34)35-6-4-22-54-35)19-20-44(2)37(48)25-51-28-11-7-26(8-12-28)23-41-24-33(46)30-15-17-32(45)38-31(30)16-18-36(47)42-38/h3-8,11-12,15-18,21-22,27,29,33,41,45-46,50H,9-10,13-14,19-20,23-25H2,1-2H3,(H,42,47)/t27?,29?,33-/m0/s1. The molecule has 5 aromatic rings. The number of carbonyl (C=O) groups excluding carboxylic acids is 2. The number of phenols is 1. The van der Waals surface area contributed by atoms with Crippen LogP contribution in [0.25, 0.3) is 10.9 Å². The Morgan fingerprint density at radius 1 is 0.944 bits per heavy atom. The summed E-state index contributed by atoms with van der Waals surface area (Å²) >= 11 is 2.66. The van der Waals surface area contributed by atoms with Crippen molar-refractivity contribution < 1.29 is 34.4 Å². The fourth-order valence-corrected chi connectivity index (χ4v) is 8.43. The van der Waals surface area contributed by atoms with Crippen LogP contribution in [0.5, 0.6) is 11.5 Å². The maximum atomic E-state index is 13.4. The lowest BCUT2D eigenvalue weighted by Gasteiger charge is -2.36. The minimum absolute atomic E-state index is 0.0564. The van der Waals surface area contributed by atoms with E-state index in [1.807, 2.05) is 42.1 Å². The molecule has 0 saturated heterocycles. The van der Waals surface area contributed by atoms with E-state index in [-0.39, 0.29) is 36.5 Å². The number of aromatic hydroxyl groups is 1. The monoisotopic (exact) mass is 774 g/mol. The first-order valence-electron chi connectivity index (χ1n) is 17.9. The summed E-state index contributed by atoms with van der Waals surface area (Å²) in [6.07, 6.45) is 1.96. The van der Waals surface area contributed by atoms with Crippen LogP contribution in [0.3, 0.4) is 0 Å². The number of benzene rings is 2. The van der Waals surface area contributed by atoms with Crippen LogP contribution >= 0.6 is 22.7 Å². The first-order chi connectivity index (χ1) is 26.0. The second-order valence-electron chi connectivity index (χ2n) is 13.7. The molecule has 286 valence electrons. The zero-order chi connectivity index (χ0) is 38.2. The van der Waals surface area contributed by atoms with Crippen molar-refractivity contribution in [3.63, 3.8) is 0 Å². The SMILES string of the molecule is CN(CCN(C)C1CCC(OC(=O)C(O)(c2cccs2)c2cccs2)CC1)C(=O)COc1ccc(CNC[C@H](O)c2ccc(O)c3[nH]c(=O)ccc23)cc1. The number of phenolic OH excluding ortho intramolecular Hbond substituents is 1. The summed E-state index contributed by atoms with van der Waals surface area (Å²) in [5.74, 6) is -0.245. The van der Waals surface area contributed by atoms with E-state index in [0.29, 0.717) is 70.5 Å². The Morgan fingerprint density at radius 3 is 2.28 bits per heavy atom. The van der Waals surface area contributed by atoms with Gasteiger partial charge in [0.1, 0.15) is 17.6 Å². The number of thiophene rings is 2. The zero-order valence-corrected chi connectivity index (χ0v) is 31.9. The van der Waals surface area contributed by atoms with Crippen molar-refractivity contribution in [1.29, 1.82) is 0 Å². The average molecular weight is 775 g/mol. The van der Waals surface area contributed by atoms with Crippen LogP contribution in [0.2, 0.25) is 0 Å². The van der Waals surface area contributed by atoms with Crippen molar-refractivity contribution >= 4 is 45.5 Å². The van der Waals surface area contributed by atoms with Crippen molar-refractivity contribution in [2.24, 2.45) is 0 Å². The smallest absolute Gasteiger partial charge is 0.349 e. The van der Waals surface area contributed by atoms with Crippen molar-refractivity contribution in [3.05, 3.63) is 115 Å². The number of likely N-dealkylation sites (N-methyl/N-ethyl adjacent to an activating group) is 2. The number of aliphatic hydroxyl groups is 2. The van der Waals surface area contributed by atoms with E-state index in [0.717, 1.165) is 18.4 Å². The summed E-state index contributed by atoms with van der Waals surface area (Å²) in [5, 5.41) is 39.9. The number of rotatable bonds is 16. The number of fused-ring (bicyclic) bond motifs is 1. The molecule has 1 aliphatic carbocycles. The van der Waals surface area contributed by atoms with Crippen LogP contribution in [0.15, 0.2) is 88.4 Å². The third kappa shape index (κ3) is 9.20. The number of nitrogens with zero attached hydrogens (tertiary/aromatic N) is 2. The Hall–Kier alpha value is -4.57. The molecule has 14 heteroatoms. The maximum absolute atomic E-state index is 13.4. The van der Waals surface area contributed by atoms with E-state index in [4.69, 9.17) is 9.47 Å². The molecule has 12 nitrogen and oxygen atoms in total. The molecule has 1 atom stereocenters. The van der Waals surface area contributed by atoms with Crippen molar-refractivity contribution in [2.75, 3.05) is 40.3 Å². The predicted octanol–water partition coefficient (Wildman–Crippen LogP) is 4.74. The predicted molar refractivity (Wildman–Crippen MR) is 209 cm³/mol. The van der Waals surface area contributed by atoms with Gasteiger partial charge in [0.05, 0.1) is 21.4 Å². The number of aliphatic hydroxyl groups excluding tert-OH is 1. The Labute approximate surface area is 321 Å². The van der Waals surface area contributed by atoms with Crippen LogP contribution in [0.4, 0.5) is 0 Å². The van der Waals surface area contributed by atoms with E-state index < -0.39 is 17.7 Å². The fourth-order valence-electron chi connectivity index (χ4n) is 6.72. The molecule has 1 fully saturated rings. The first kappa shape index (κ1) is 39.1. The van der Waals surface area contributed by atoms with E-state index >= 15 is 0 Å². The Balaban J connectivity index is 0.885. The number of ether oxygens (including phenoxy) is 2. The Kier molecular flexibility index (Phi) is 12.8. The minimum Gasteiger partial charge on any atom is -0.506 e. The van der Waals surface area contributed by atoms with Gasteiger partial charge in [-0.3, -0.25) is 9.59 Å². The lowest BCUT2D eigenvalue weighted by molar-refractivity contribution is -0.169. The molecule has 1 aliphatic rings. The van der Waals surface area contributed by atoms with Crippen molar-refractivity contribution in [2.45, 2.75) is 56.1 Å². The average Bonchev–Trinajstić information content (AvgIpc) is 3.93. The first-order valence-corrected chi connectivity index (χ1v) is 19.7. The van der Waals surface area contributed by atoms with Gasteiger partial charge in [0.15, 0.2) is 6.61 Å². The highest BCUT2D eigenvalue weighted by atomic mass is 32.1. The van der Waals surface area contributed by atoms with Gasteiger partial charge in [0.25, 0.3) is 5.91 Å². The highest BCUT2D eigenvalue weighted by Gasteiger charge is 2.45. The highest BCUT2D eigenvalue weighted by molar-refractivity contribution is 7.12. The van der Waals surface area contributed by atoms with Gasteiger partial charge in [-0.25, -0.2) is 4.79 Å². The number of amides is 1. The molecule has 0 radical (unpaired) electrons. The molecule has 3 heterocycles. The zero-order valence-electron chi connectivity index (χ0n) is 30.3. The van der Waals surface area contributed by atoms with Gasteiger partial charge < -0.3 is 44.9 Å². The number of aromatic amines is 1. The molecule has 0 unspecified atom stereocenters. The molecule has 1 saturated carbocycles.